The molecule has 2 aromatic rings. The first-order valence-electron chi connectivity index (χ1n) is 9.94. The maximum Gasteiger partial charge on any atom is 0.257 e. The maximum atomic E-state index is 12.8. The standard InChI is InChI=1S/C22H27N3O3/c1-16(2)19-5-3-4-6-20(19)24-21(26)17-13-18(15-23-14-17)25-9-7-22(8-10-25)27-11-12-28-22/h3-6,13-16H,7-12H2,1-2H3,(H,24,26). The van der Waals surface area contributed by atoms with Gasteiger partial charge in [0.15, 0.2) is 5.79 Å². The van der Waals surface area contributed by atoms with E-state index in [1.807, 2.05) is 36.5 Å². The van der Waals surface area contributed by atoms with Gasteiger partial charge in [-0.25, -0.2) is 0 Å². The van der Waals surface area contributed by atoms with Crippen LogP contribution in [0.25, 0.3) is 0 Å². The van der Waals surface area contributed by atoms with Gasteiger partial charge >= 0.3 is 0 Å². The molecule has 2 fully saturated rings. The van der Waals surface area contributed by atoms with Gasteiger partial charge in [0.25, 0.3) is 5.91 Å². The molecule has 1 spiro atoms. The summed E-state index contributed by atoms with van der Waals surface area (Å²) in [6.07, 6.45) is 5.08. The number of nitrogens with one attached hydrogen (secondary N) is 1. The van der Waals surface area contributed by atoms with E-state index >= 15 is 0 Å². The van der Waals surface area contributed by atoms with Crippen molar-refractivity contribution in [3.8, 4) is 0 Å². The summed E-state index contributed by atoms with van der Waals surface area (Å²) in [6, 6.07) is 9.83. The van der Waals surface area contributed by atoms with Gasteiger partial charge in [-0.05, 0) is 23.6 Å². The molecule has 6 nitrogen and oxygen atoms in total. The summed E-state index contributed by atoms with van der Waals surface area (Å²) < 4.78 is 11.6. The summed E-state index contributed by atoms with van der Waals surface area (Å²) in [6.45, 7) is 7.23. The molecule has 2 aliphatic rings. The number of rotatable bonds is 4. The second kappa shape index (κ2) is 7.89. The molecule has 28 heavy (non-hydrogen) atoms. The third kappa shape index (κ3) is 3.88. The third-order valence-corrected chi connectivity index (χ3v) is 5.52. The normalized spacial score (nSPS) is 18.6. The van der Waals surface area contributed by atoms with E-state index in [2.05, 4.69) is 29.0 Å². The number of hydrogen-bond acceptors (Lipinski definition) is 5. The van der Waals surface area contributed by atoms with Crippen molar-refractivity contribution in [2.45, 2.75) is 38.4 Å². The van der Waals surface area contributed by atoms with Crippen molar-refractivity contribution in [1.29, 1.82) is 0 Å². The number of nitrogens with zero attached hydrogens (tertiary/aromatic N) is 2. The molecule has 2 aliphatic heterocycles. The molecular formula is C22H27N3O3. The lowest BCUT2D eigenvalue weighted by Crippen LogP contribution is -2.45. The molecular weight excluding hydrogens is 354 g/mol. The summed E-state index contributed by atoms with van der Waals surface area (Å²) in [4.78, 5) is 19.4. The molecule has 2 saturated heterocycles. The Balaban J connectivity index is 1.46. The Hall–Kier alpha value is -2.44. The van der Waals surface area contributed by atoms with E-state index in [1.165, 1.54) is 0 Å². The molecule has 1 N–H and O–H groups in total. The monoisotopic (exact) mass is 381 g/mol. The fourth-order valence-corrected chi connectivity index (χ4v) is 3.92. The van der Waals surface area contributed by atoms with Crippen LogP contribution >= 0.6 is 0 Å². The van der Waals surface area contributed by atoms with Gasteiger partial charge in [0.1, 0.15) is 0 Å². The van der Waals surface area contributed by atoms with Gasteiger partial charge in [0, 0.05) is 37.8 Å². The zero-order valence-corrected chi connectivity index (χ0v) is 16.5. The Morgan fingerprint density at radius 2 is 1.86 bits per heavy atom. The van der Waals surface area contributed by atoms with Gasteiger partial charge in [-0.2, -0.15) is 0 Å². The molecule has 0 radical (unpaired) electrons. The Labute approximate surface area is 165 Å². The fraction of sp³-hybridized carbons (Fsp3) is 0.455. The Morgan fingerprint density at radius 1 is 1.14 bits per heavy atom. The van der Waals surface area contributed by atoms with E-state index in [4.69, 9.17) is 9.47 Å². The van der Waals surface area contributed by atoms with Gasteiger partial charge in [-0.1, -0.05) is 32.0 Å². The molecule has 0 unspecified atom stereocenters. The smallest absolute Gasteiger partial charge is 0.257 e. The lowest BCUT2D eigenvalue weighted by atomic mass is 10.0. The summed E-state index contributed by atoms with van der Waals surface area (Å²) in [5, 5.41) is 3.04. The van der Waals surface area contributed by atoms with Crippen LogP contribution in [0.15, 0.2) is 42.7 Å². The molecule has 0 bridgehead atoms. The number of hydrogen-bond donors (Lipinski definition) is 1. The van der Waals surface area contributed by atoms with Crippen LogP contribution in [0.3, 0.4) is 0 Å². The molecule has 3 heterocycles. The lowest BCUT2D eigenvalue weighted by molar-refractivity contribution is -0.169. The van der Waals surface area contributed by atoms with Crippen LogP contribution in [-0.2, 0) is 9.47 Å². The van der Waals surface area contributed by atoms with E-state index < -0.39 is 5.79 Å². The van der Waals surface area contributed by atoms with Crippen LogP contribution in [0.2, 0.25) is 0 Å². The zero-order chi connectivity index (χ0) is 19.6. The molecule has 0 aliphatic carbocycles. The zero-order valence-electron chi connectivity index (χ0n) is 16.5. The lowest BCUT2D eigenvalue weighted by Gasteiger charge is -2.38. The average Bonchev–Trinajstić information content (AvgIpc) is 3.17. The molecule has 0 saturated carbocycles. The number of piperidine rings is 1. The van der Waals surface area contributed by atoms with Crippen LogP contribution in [0, 0.1) is 0 Å². The van der Waals surface area contributed by atoms with Crippen molar-refractivity contribution >= 4 is 17.3 Å². The molecule has 0 atom stereocenters. The summed E-state index contributed by atoms with van der Waals surface area (Å²) in [5.74, 6) is -0.209. The van der Waals surface area contributed by atoms with E-state index in [-0.39, 0.29) is 5.91 Å². The van der Waals surface area contributed by atoms with Gasteiger partial charge in [-0.15, -0.1) is 0 Å². The Bertz CT molecular complexity index is 836. The van der Waals surface area contributed by atoms with Crippen LogP contribution in [-0.4, -0.2) is 43.0 Å². The van der Waals surface area contributed by atoms with Crippen LogP contribution < -0.4 is 10.2 Å². The number of benzene rings is 1. The van der Waals surface area contributed by atoms with Gasteiger partial charge in [-0.3, -0.25) is 9.78 Å². The van der Waals surface area contributed by atoms with Crippen molar-refractivity contribution in [1.82, 2.24) is 4.98 Å². The summed E-state index contributed by atoms with van der Waals surface area (Å²) in [7, 11) is 0. The summed E-state index contributed by atoms with van der Waals surface area (Å²) >= 11 is 0. The SMILES string of the molecule is CC(C)c1ccccc1NC(=O)c1cncc(N2CCC3(CC2)OCCO3)c1. The largest absolute Gasteiger partial charge is 0.370 e. The number of carbonyl (C=O) groups excluding carboxylic acids is 1. The molecule has 4 rings (SSSR count). The number of amides is 1. The van der Waals surface area contributed by atoms with Crippen LogP contribution in [0.5, 0.6) is 0 Å². The Kier molecular flexibility index (Phi) is 5.33. The quantitative estimate of drug-likeness (QED) is 0.873. The first-order chi connectivity index (χ1) is 13.6. The number of aromatic nitrogens is 1. The first kappa shape index (κ1) is 18.9. The van der Waals surface area contributed by atoms with Crippen molar-refractivity contribution in [3.63, 3.8) is 0 Å². The number of para-hydroxylation sites is 1. The van der Waals surface area contributed by atoms with Crippen molar-refractivity contribution in [3.05, 3.63) is 53.9 Å². The maximum absolute atomic E-state index is 12.8. The van der Waals surface area contributed by atoms with Gasteiger partial charge in [0.2, 0.25) is 0 Å². The predicted octanol–water partition coefficient (Wildman–Crippen LogP) is 3.80. The van der Waals surface area contributed by atoms with Crippen molar-refractivity contribution in [2.24, 2.45) is 0 Å². The highest BCUT2D eigenvalue weighted by atomic mass is 16.7. The Morgan fingerprint density at radius 3 is 2.57 bits per heavy atom. The van der Waals surface area contributed by atoms with E-state index in [0.717, 1.165) is 42.9 Å². The fourth-order valence-electron chi connectivity index (χ4n) is 3.92. The van der Waals surface area contributed by atoms with Crippen LogP contribution in [0.4, 0.5) is 11.4 Å². The number of carbonyl (C=O) groups is 1. The van der Waals surface area contributed by atoms with Gasteiger partial charge < -0.3 is 19.7 Å². The topological polar surface area (TPSA) is 63.7 Å². The van der Waals surface area contributed by atoms with Gasteiger partial charge in [0.05, 0.1) is 30.7 Å². The minimum Gasteiger partial charge on any atom is -0.370 e. The number of ether oxygens (including phenoxy) is 2. The van der Waals surface area contributed by atoms with Crippen LogP contribution in [0.1, 0.15) is 48.5 Å². The average molecular weight is 381 g/mol. The second-order valence-electron chi connectivity index (χ2n) is 7.72. The van der Waals surface area contributed by atoms with Crippen molar-refractivity contribution in [2.75, 3.05) is 36.5 Å². The highest BCUT2D eigenvalue weighted by molar-refractivity contribution is 6.05. The highest BCUT2D eigenvalue weighted by Crippen LogP contribution is 2.33. The first-order valence-corrected chi connectivity index (χ1v) is 9.94. The molecule has 148 valence electrons. The minimum absolute atomic E-state index is 0.140. The van der Waals surface area contributed by atoms with E-state index in [0.29, 0.717) is 24.7 Å². The van der Waals surface area contributed by atoms with E-state index in [9.17, 15) is 4.79 Å². The van der Waals surface area contributed by atoms with E-state index in [1.54, 1.807) is 6.20 Å². The summed E-state index contributed by atoms with van der Waals surface area (Å²) in [5.41, 5.74) is 3.49. The number of pyridine rings is 1. The number of anilines is 2. The third-order valence-electron chi connectivity index (χ3n) is 5.52. The predicted molar refractivity (Wildman–Crippen MR) is 109 cm³/mol. The molecule has 1 aromatic heterocycles. The molecule has 1 aromatic carbocycles. The van der Waals surface area contributed by atoms with Crippen molar-refractivity contribution < 1.29 is 14.3 Å². The second-order valence-corrected chi connectivity index (χ2v) is 7.72. The molecule has 6 heteroatoms. The minimum atomic E-state index is -0.403. The highest BCUT2D eigenvalue weighted by Gasteiger charge is 2.39. The molecule has 1 amide bonds.